The van der Waals surface area contributed by atoms with Crippen molar-refractivity contribution in [3.63, 3.8) is 0 Å². The minimum absolute atomic E-state index is 0.0428. The maximum Gasteiger partial charge on any atom is 0.392 e. The fraction of sp³-hybridized carbons (Fsp3) is 0.727. The van der Waals surface area contributed by atoms with Gasteiger partial charge in [0.25, 0.3) is 5.92 Å². The molecule has 0 N–H and O–H groups in total. The van der Waals surface area contributed by atoms with Crippen LogP contribution < -0.4 is 0 Å². The molecule has 7 heteroatoms. The Labute approximate surface area is 101 Å². The van der Waals surface area contributed by atoms with Gasteiger partial charge in [-0.2, -0.15) is 27.1 Å². The summed E-state index contributed by atoms with van der Waals surface area (Å²) in [7, 11) is 0. The lowest BCUT2D eigenvalue weighted by Crippen LogP contribution is -2.15. The molecule has 1 aliphatic carbocycles. The Balaban J connectivity index is 2.05. The summed E-state index contributed by atoms with van der Waals surface area (Å²) in [5.41, 5.74) is -0.0709. The predicted octanol–water partition coefficient (Wildman–Crippen LogP) is 3.50. The molecule has 0 radical (unpaired) electrons. The quantitative estimate of drug-likeness (QED) is 0.767. The number of hydrogen-bond acceptors (Lipinski definition) is 1. The van der Waals surface area contributed by atoms with Gasteiger partial charge in [0.05, 0.1) is 5.92 Å². The first kappa shape index (κ1) is 13.3. The number of halogens is 5. The minimum atomic E-state index is -4.19. The molecule has 0 spiro atoms. The minimum Gasteiger partial charge on any atom is -0.272 e. The van der Waals surface area contributed by atoms with Crippen LogP contribution >= 0.6 is 0 Å². The van der Waals surface area contributed by atoms with E-state index >= 15 is 0 Å². The fourth-order valence-electron chi connectivity index (χ4n) is 2.14. The van der Waals surface area contributed by atoms with Crippen LogP contribution in [-0.4, -0.2) is 16.0 Å². The van der Waals surface area contributed by atoms with Crippen molar-refractivity contribution < 1.29 is 22.0 Å². The highest BCUT2D eigenvalue weighted by Gasteiger charge is 2.55. The molecular formula is C11H13F5N2. The Morgan fingerprint density at radius 3 is 2.33 bits per heavy atom. The van der Waals surface area contributed by atoms with Crippen molar-refractivity contribution in [3.05, 3.63) is 17.5 Å². The molecule has 0 saturated heterocycles. The van der Waals surface area contributed by atoms with E-state index in [2.05, 4.69) is 5.10 Å². The van der Waals surface area contributed by atoms with Crippen molar-refractivity contribution >= 4 is 0 Å². The van der Waals surface area contributed by atoms with E-state index in [0.717, 1.165) is 6.92 Å². The molecule has 1 aromatic rings. The molecule has 2 rings (SSSR count). The molecule has 2 atom stereocenters. The van der Waals surface area contributed by atoms with Crippen molar-refractivity contribution in [1.29, 1.82) is 0 Å². The Hall–Kier alpha value is -1.14. The molecule has 102 valence electrons. The Kier molecular flexibility index (Phi) is 2.90. The Morgan fingerprint density at radius 1 is 1.33 bits per heavy atom. The second kappa shape index (κ2) is 3.93. The van der Waals surface area contributed by atoms with Crippen LogP contribution in [0.1, 0.15) is 24.6 Å². The van der Waals surface area contributed by atoms with Crippen molar-refractivity contribution in [2.45, 2.75) is 38.9 Å². The highest BCUT2D eigenvalue weighted by Crippen LogP contribution is 2.50. The summed E-state index contributed by atoms with van der Waals surface area (Å²) >= 11 is 0. The lowest BCUT2D eigenvalue weighted by molar-refractivity contribution is -0.151. The SMILES string of the molecule is Cc1cn(CC2CC2C(F)(F)F)nc1C(C)(F)F. The maximum absolute atomic E-state index is 13.1. The zero-order valence-electron chi connectivity index (χ0n) is 9.93. The summed E-state index contributed by atoms with van der Waals surface area (Å²) in [6.45, 7) is 2.24. The third kappa shape index (κ3) is 2.64. The molecule has 0 aliphatic heterocycles. The lowest BCUT2D eigenvalue weighted by atomic mass is 10.2. The van der Waals surface area contributed by atoms with Crippen LogP contribution in [-0.2, 0) is 12.5 Å². The molecule has 1 fully saturated rings. The van der Waals surface area contributed by atoms with Crippen molar-refractivity contribution in [3.8, 4) is 0 Å². The molecule has 18 heavy (non-hydrogen) atoms. The van der Waals surface area contributed by atoms with Gasteiger partial charge in [-0.3, -0.25) is 4.68 Å². The van der Waals surface area contributed by atoms with Gasteiger partial charge in [0.15, 0.2) is 0 Å². The molecule has 2 unspecified atom stereocenters. The first-order chi connectivity index (χ1) is 8.09. The van der Waals surface area contributed by atoms with Crippen LogP contribution in [0.15, 0.2) is 6.20 Å². The number of aromatic nitrogens is 2. The van der Waals surface area contributed by atoms with E-state index in [1.807, 2.05) is 0 Å². The monoisotopic (exact) mass is 268 g/mol. The number of hydrogen-bond donors (Lipinski definition) is 0. The van der Waals surface area contributed by atoms with Gasteiger partial charge in [-0.25, -0.2) is 0 Å². The van der Waals surface area contributed by atoms with Crippen LogP contribution in [0.3, 0.4) is 0 Å². The van der Waals surface area contributed by atoms with Gasteiger partial charge >= 0.3 is 6.18 Å². The summed E-state index contributed by atoms with van der Waals surface area (Å²) < 4.78 is 64.3. The first-order valence-corrected chi connectivity index (χ1v) is 5.58. The molecule has 1 saturated carbocycles. The molecule has 2 nitrogen and oxygen atoms in total. The van der Waals surface area contributed by atoms with Gasteiger partial charge < -0.3 is 0 Å². The average molecular weight is 268 g/mol. The van der Waals surface area contributed by atoms with E-state index in [1.54, 1.807) is 0 Å². The summed E-state index contributed by atoms with van der Waals surface area (Å²) in [4.78, 5) is 0. The number of aryl methyl sites for hydroxylation is 1. The van der Waals surface area contributed by atoms with E-state index in [4.69, 9.17) is 0 Å². The highest BCUT2D eigenvalue weighted by atomic mass is 19.4. The van der Waals surface area contributed by atoms with Crippen LogP contribution in [0.5, 0.6) is 0 Å². The van der Waals surface area contributed by atoms with Gasteiger partial charge in [0.2, 0.25) is 0 Å². The zero-order valence-corrected chi connectivity index (χ0v) is 9.93. The van der Waals surface area contributed by atoms with Crippen LogP contribution in [0.25, 0.3) is 0 Å². The number of alkyl halides is 5. The summed E-state index contributed by atoms with van der Waals surface area (Å²) in [5, 5.41) is 3.68. The lowest BCUT2D eigenvalue weighted by Gasteiger charge is -2.07. The molecule has 1 heterocycles. The van der Waals surface area contributed by atoms with Crippen molar-refractivity contribution in [2.75, 3.05) is 0 Å². The van der Waals surface area contributed by atoms with E-state index in [1.165, 1.54) is 17.8 Å². The van der Waals surface area contributed by atoms with Crippen LogP contribution in [0, 0.1) is 18.8 Å². The van der Waals surface area contributed by atoms with Gasteiger partial charge in [-0.05, 0) is 24.8 Å². The maximum atomic E-state index is 13.1. The first-order valence-electron chi connectivity index (χ1n) is 5.58. The third-order valence-electron chi connectivity index (χ3n) is 3.13. The van der Waals surface area contributed by atoms with Crippen molar-refractivity contribution in [2.24, 2.45) is 11.8 Å². The highest BCUT2D eigenvalue weighted by molar-refractivity contribution is 5.19. The van der Waals surface area contributed by atoms with Gasteiger partial charge in [0, 0.05) is 19.7 Å². The topological polar surface area (TPSA) is 17.8 Å². The predicted molar refractivity (Wildman–Crippen MR) is 54.2 cm³/mol. The standard InChI is InChI=1S/C11H13F5N2/c1-6-4-18(17-9(6)10(2,12)13)5-7-3-8(7)11(14,15)16/h4,7-8H,3,5H2,1-2H3. The molecule has 1 aliphatic rings. The molecule has 0 aromatic carbocycles. The molecule has 1 aromatic heterocycles. The van der Waals surface area contributed by atoms with Crippen molar-refractivity contribution in [1.82, 2.24) is 9.78 Å². The molecule has 0 amide bonds. The van der Waals surface area contributed by atoms with Crippen LogP contribution in [0.4, 0.5) is 22.0 Å². The second-order valence-electron chi connectivity index (χ2n) is 4.92. The number of rotatable bonds is 3. The largest absolute Gasteiger partial charge is 0.392 e. The average Bonchev–Trinajstić information content (AvgIpc) is 2.81. The summed E-state index contributed by atoms with van der Waals surface area (Å²) in [6, 6.07) is 0. The number of nitrogens with zero attached hydrogens (tertiary/aromatic N) is 2. The van der Waals surface area contributed by atoms with Gasteiger partial charge in [-0.15, -0.1) is 0 Å². The Bertz CT molecular complexity index is 443. The summed E-state index contributed by atoms with van der Waals surface area (Å²) in [5.74, 6) is -4.92. The normalized spacial score (nSPS) is 24.4. The molecule has 0 bridgehead atoms. The van der Waals surface area contributed by atoms with E-state index in [0.29, 0.717) is 5.56 Å². The smallest absolute Gasteiger partial charge is 0.272 e. The van der Waals surface area contributed by atoms with E-state index < -0.39 is 23.9 Å². The Morgan fingerprint density at radius 2 is 1.94 bits per heavy atom. The molecular weight excluding hydrogens is 255 g/mol. The van der Waals surface area contributed by atoms with E-state index in [9.17, 15) is 22.0 Å². The fourth-order valence-corrected chi connectivity index (χ4v) is 2.14. The van der Waals surface area contributed by atoms with Gasteiger partial charge in [0.1, 0.15) is 5.69 Å². The zero-order chi connectivity index (χ0) is 13.7. The summed E-state index contributed by atoms with van der Waals surface area (Å²) in [6.07, 6.45) is -2.76. The van der Waals surface area contributed by atoms with E-state index in [-0.39, 0.29) is 18.7 Å². The second-order valence-corrected chi connectivity index (χ2v) is 4.92. The van der Waals surface area contributed by atoms with Gasteiger partial charge in [-0.1, -0.05) is 0 Å². The third-order valence-corrected chi connectivity index (χ3v) is 3.13. The van der Waals surface area contributed by atoms with Crippen LogP contribution in [0.2, 0.25) is 0 Å².